The third-order valence-electron chi connectivity index (χ3n) is 4.35. The highest BCUT2D eigenvalue weighted by Crippen LogP contribution is 2.41. The summed E-state index contributed by atoms with van der Waals surface area (Å²) in [5, 5.41) is 0. The molecular formula is C19H24ClN3OS. The number of thioether (sulfide) groups is 1. The Kier molecular flexibility index (Phi) is 6.38. The van der Waals surface area contributed by atoms with Gasteiger partial charge in [-0.1, -0.05) is 12.1 Å². The van der Waals surface area contributed by atoms with Crippen molar-refractivity contribution in [2.45, 2.75) is 4.90 Å². The van der Waals surface area contributed by atoms with E-state index in [1.165, 1.54) is 4.90 Å². The van der Waals surface area contributed by atoms with E-state index in [2.05, 4.69) is 34.3 Å². The number of halogens is 1. The second kappa shape index (κ2) is 8.13. The van der Waals surface area contributed by atoms with Gasteiger partial charge in [0, 0.05) is 25.0 Å². The van der Waals surface area contributed by atoms with Gasteiger partial charge in [0.05, 0.1) is 22.6 Å². The Bertz CT molecular complexity index is 766. The van der Waals surface area contributed by atoms with E-state index in [0.29, 0.717) is 6.54 Å². The molecule has 0 saturated carbocycles. The number of fused-ring (bicyclic) bond motifs is 2. The Morgan fingerprint density at radius 2 is 1.76 bits per heavy atom. The molecule has 0 unspecified atom stereocenters. The summed E-state index contributed by atoms with van der Waals surface area (Å²) in [6.45, 7) is 1.49. The third kappa shape index (κ3) is 3.78. The molecule has 0 saturated heterocycles. The first kappa shape index (κ1) is 19.6. The average molecular weight is 378 g/mol. The lowest BCUT2D eigenvalue weighted by atomic mass is 10.1. The summed E-state index contributed by atoms with van der Waals surface area (Å²) >= 11 is 1.71. The fourth-order valence-electron chi connectivity index (χ4n) is 2.98. The van der Waals surface area contributed by atoms with Gasteiger partial charge in [0.25, 0.3) is 5.91 Å². The van der Waals surface area contributed by atoms with Crippen molar-refractivity contribution in [3.8, 4) is 0 Å². The fraction of sp³-hybridized carbons (Fsp3) is 0.316. The van der Waals surface area contributed by atoms with Crippen molar-refractivity contribution in [2.75, 3.05) is 50.3 Å². The maximum atomic E-state index is 13.2. The van der Waals surface area contributed by atoms with E-state index in [4.69, 9.17) is 0 Å². The number of nitrogens with zero attached hydrogens (tertiary/aromatic N) is 3. The van der Waals surface area contributed by atoms with Crippen LogP contribution in [0.15, 0.2) is 47.4 Å². The van der Waals surface area contributed by atoms with Crippen LogP contribution in [0.5, 0.6) is 0 Å². The normalized spacial score (nSPS) is 13.2. The van der Waals surface area contributed by atoms with E-state index in [-0.39, 0.29) is 18.3 Å². The topological polar surface area (TPSA) is 26.8 Å². The summed E-state index contributed by atoms with van der Waals surface area (Å²) < 4.78 is 0. The summed E-state index contributed by atoms with van der Waals surface area (Å²) in [5.74, 6) is 0.0648. The molecule has 2 aromatic carbocycles. The highest BCUT2D eigenvalue weighted by molar-refractivity contribution is 7.98. The molecule has 0 aromatic heterocycles. The van der Waals surface area contributed by atoms with Gasteiger partial charge in [0.1, 0.15) is 0 Å². The van der Waals surface area contributed by atoms with Crippen LogP contribution in [0.25, 0.3) is 0 Å². The Hall–Kier alpha value is -1.69. The van der Waals surface area contributed by atoms with E-state index in [1.807, 2.05) is 50.3 Å². The first-order valence-corrected chi connectivity index (χ1v) is 9.23. The van der Waals surface area contributed by atoms with Crippen LogP contribution in [-0.2, 0) is 0 Å². The number of amides is 1. The molecule has 0 bridgehead atoms. The first-order valence-electron chi connectivity index (χ1n) is 8.00. The number of benzene rings is 2. The Morgan fingerprint density at radius 3 is 2.44 bits per heavy atom. The van der Waals surface area contributed by atoms with Gasteiger partial charge < -0.3 is 14.7 Å². The summed E-state index contributed by atoms with van der Waals surface area (Å²) in [7, 11) is 6.09. The minimum atomic E-state index is 0. The van der Waals surface area contributed by atoms with Crippen molar-refractivity contribution in [3.63, 3.8) is 0 Å². The zero-order valence-corrected chi connectivity index (χ0v) is 16.7. The number of hydrogen-bond acceptors (Lipinski definition) is 4. The molecule has 0 fully saturated rings. The van der Waals surface area contributed by atoms with Crippen molar-refractivity contribution < 1.29 is 4.79 Å². The van der Waals surface area contributed by atoms with Crippen LogP contribution in [0, 0.1) is 0 Å². The zero-order valence-electron chi connectivity index (χ0n) is 15.0. The van der Waals surface area contributed by atoms with Crippen molar-refractivity contribution in [1.29, 1.82) is 0 Å². The maximum absolute atomic E-state index is 13.2. The molecule has 134 valence electrons. The van der Waals surface area contributed by atoms with Gasteiger partial charge in [-0.25, -0.2) is 0 Å². The zero-order chi connectivity index (χ0) is 17.3. The molecule has 0 atom stereocenters. The van der Waals surface area contributed by atoms with Crippen LogP contribution in [0.3, 0.4) is 0 Å². The number of para-hydroxylation sites is 1. The van der Waals surface area contributed by atoms with Crippen molar-refractivity contribution in [2.24, 2.45) is 0 Å². The molecule has 1 aliphatic rings. The van der Waals surface area contributed by atoms with Gasteiger partial charge in [0.15, 0.2) is 0 Å². The lowest BCUT2D eigenvalue weighted by molar-refractivity contribution is 0.0986. The molecule has 4 nitrogen and oxygen atoms in total. The van der Waals surface area contributed by atoms with Gasteiger partial charge in [-0.05, 0) is 50.7 Å². The minimum Gasteiger partial charge on any atom is -0.342 e. The lowest BCUT2D eigenvalue weighted by Gasteiger charge is -2.26. The van der Waals surface area contributed by atoms with Gasteiger partial charge >= 0.3 is 0 Å². The molecule has 6 heteroatoms. The van der Waals surface area contributed by atoms with Crippen molar-refractivity contribution in [1.82, 2.24) is 4.90 Å². The van der Waals surface area contributed by atoms with Gasteiger partial charge in [0.2, 0.25) is 0 Å². The molecule has 1 heterocycles. The van der Waals surface area contributed by atoms with E-state index < -0.39 is 0 Å². The molecule has 0 spiro atoms. The summed E-state index contributed by atoms with van der Waals surface area (Å²) in [4.78, 5) is 20.5. The van der Waals surface area contributed by atoms with Gasteiger partial charge in [-0.3, -0.25) is 4.79 Å². The number of anilines is 3. The van der Waals surface area contributed by atoms with E-state index >= 15 is 0 Å². The van der Waals surface area contributed by atoms with Crippen LogP contribution in [0.2, 0.25) is 0 Å². The van der Waals surface area contributed by atoms with E-state index in [1.54, 1.807) is 11.8 Å². The number of carbonyl (C=O) groups excluding carboxylic acids is 1. The summed E-state index contributed by atoms with van der Waals surface area (Å²) in [6, 6.07) is 14.2. The quantitative estimate of drug-likeness (QED) is 0.749. The molecule has 2 aromatic rings. The molecule has 1 aliphatic heterocycles. The first-order chi connectivity index (χ1) is 11.5. The summed E-state index contributed by atoms with van der Waals surface area (Å²) in [6.07, 6.45) is 2.07. The van der Waals surface area contributed by atoms with Crippen LogP contribution < -0.4 is 9.80 Å². The Labute approximate surface area is 160 Å². The van der Waals surface area contributed by atoms with Gasteiger partial charge in [-0.2, -0.15) is 0 Å². The van der Waals surface area contributed by atoms with Crippen LogP contribution in [0.1, 0.15) is 10.4 Å². The fourth-order valence-corrected chi connectivity index (χ4v) is 3.41. The second-order valence-corrected chi connectivity index (χ2v) is 7.07. The molecule has 3 rings (SSSR count). The van der Waals surface area contributed by atoms with Crippen LogP contribution in [-0.4, -0.2) is 51.3 Å². The standard InChI is InChI=1S/C19H23N3OS.ClH/c1-20(2)11-12-22-17-10-9-14(24-4)13-18(17)21(3)16-8-6-5-7-15(16)19(22)23;/h5-10,13H,11-12H2,1-4H3;1H. The highest BCUT2D eigenvalue weighted by atomic mass is 35.5. The van der Waals surface area contributed by atoms with Crippen LogP contribution >= 0.6 is 24.2 Å². The summed E-state index contributed by atoms with van der Waals surface area (Å²) in [5.41, 5.74) is 3.74. The lowest BCUT2D eigenvalue weighted by Crippen LogP contribution is -2.36. The molecule has 0 aliphatic carbocycles. The predicted molar refractivity (Wildman–Crippen MR) is 110 cm³/mol. The molecule has 1 amide bonds. The monoisotopic (exact) mass is 377 g/mol. The SMILES string of the molecule is CSc1ccc2c(c1)N(C)c1ccccc1C(=O)N2CCN(C)C.Cl. The smallest absolute Gasteiger partial charge is 0.260 e. The van der Waals surface area contributed by atoms with Crippen molar-refractivity contribution in [3.05, 3.63) is 48.0 Å². The minimum absolute atomic E-state index is 0. The number of carbonyl (C=O) groups is 1. The van der Waals surface area contributed by atoms with E-state index in [9.17, 15) is 4.79 Å². The molecule has 0 radical (unpaired) electrons. The van der Waals surface area contributed by atoms with Crippen molar-refractivity contribution >= 4 is 47.1 Å². The van der Waals surface area contributed by atoms with E-state index in [0.717, 1.165) is 29.2 Å². The second-order valence-electron chi connectivity index (χ2n) is 6.19. The number of rotatable bonds is 4. The highest BCUT2D eigenvalue weighted by Gasteiger charge is 2.29. The van der Waals surface area contributed by atoms with Gasteiger partial charge in [-0.15, -0.1) is 24.2 Å². The molecule has 25 heavy (non-hydrogen) atoms. The molecule has 0 N–H and O–H groups in total. The molecular weight excluding hydrogens is 354 g/mol. The average Bonchev–Trinajstić information content (AvgIpc) is 2.68. The third-order valence-corrected chi connectivity index (χ3v) is 5.07. The largest absolute Gasteiger partial charge is 0.342 e. The Morgan fingerprint density at radius 1 is 1.04 bits per heavy atom. The number of hydrogen-bond donors (Lipinski definition) is 0. The predicted octanol–water partition coefficient (Wildman–Crippen LogP) is 4.12. The Balaban J connectivity index is 0.00000225. The maximum Gasteiger partial charge on any atom is 0.260 e. The number of likely N-dealkylation sites (N-methyl/N-ethyl adjacent to an activating group) is 1. The van der Waals surface area contributed by atoms with Crippen LogP contribution in [0.4, 0.5) is 17.1 Å².